The average molecular weight is 290 g/mol. The zero-order valence-electron chi connectivity index (χ0n) is 8.11. The third kappa shape index (κ3) is 2.30. The van der Waals surface area contributed by atoms with Gasteiger partial charge in [0.1, 0.15) is 6.10 Å². The minimum Gasteiger partial charge on any atom is -0.365 e. The summed E-state index contributed by atoms with van der Waals surface area (Å²) in [5.41, 5.74) is 5.50. The number of thiophene rings is 1. The zero-order valence-corrected chi connectivity index (χ0v) is 10.5. The summed E-state index contributed by atoms with van der Waals surface area (Å²) < 4.78 is 6.42. The normalized spacial score (nSPS) is 25.7. The van der Waals surface area contributed by atoms with Gasteiger partial charge in [-0.3, -0.25) is 4.79 Å². The topological polar surface area (TPSA) is 52.3 Å². The van der Waals surface area contributed by atoms with Crippen molar-refractivity contribution in [2.45, 2.75) is 25.0 Å². The Balaban J connectivity index is 2.07. The van der Waals surface area contributed by atoms with Crippen LogP contribution in [0, 0.1) is 0 Å². The molecule has 3 nitrogen and oxygen atoms in total. The molecule has 2 heterocycles. The second-order valence-corrected chi connectivity index (χ2v) is 5.29. The van der Waals surface area contributed by atoms with Gasteiger partial charge in [-0.1, -0.05) is 0 Å². The Morgan fingerprint density at radius 1 is 1.67 bits per heavy atom. The van der Waals surface area contributed by atoms with Gasteiger partial charge in [-0.05, 0) is 40.2 Å². The van der Waals surface area contributed by atoms with Crippen molar-refractivity contribution in [1.82, 2.24) is 0 Å². The molecule has 0 aromatic carbocycles. The Labute approximate surface area is 101 Å². The predicted octanol–water partition coefficient (Wildman–Crippen LogP) is 2.20. The highest BCUT2D eigenvalue weighted by Gasteiger charge is 2.31. The summed E-state index contributed by atoms with van der Waals surface area (Å²) in [6.45, 7) is 0.495. The highest BCUT2D eigenvalue weighted by atomic mass is 79.9. The van der Waals surface area contributed by atoms with Crippen molar-refractivity contribution in [3.05, 3.63) is 20.8 Å². The van der Waals surface area contributed by atoms with Crippen LogP contribution < -0.4 is 5.73 Å². The van der Waals surface area contributed by atoms with Crippen molar-refractivity contribution in [2.75, 3.05) is 6.54 Å². The zero-order chi connectivity index (χ0) is 10.8. The fourth-order valence-corrected chi connectivity index (χ4v) is 3.24. The summed E-state index contributed by atoms with van der Waals surface area (Å²) in [5, 5.41) is 1.90. The van der Waals surface area contributed by atoms with E-state index in [2.05, 4.69) is 15.9 Å². The van der Waals surface area contributed by atoms with Gasteiger partial charge in [-0.25, -0.2) is 0 Å². The molecule has 1 fully saturated rings. The number of carbonyl (C=O) groups is 1. The fraction of sp³-hybridized carbons (Fsp3) is 0.500. The first-order valence-electron chi connectivity index (χ1n) is 4.85. The molecule has 82 valence electrons. The fourth-order valence-electron chi connectivity index (χ4n) is 1.69. The molecule has 0 bridgehead atoms. The van der Waals surface area contributed by atoms with E-state index < -0.39 is 0 Å². The predicted molar refractivity (Wildman–Crippen MR) is 63.3 cm³/mol. The highest BCUT2D eigenvalue weighted by molar-refractivity contribution is 9.10. The number of rotatable bonds is 3. The van der Waals surface area contributed by atoms with E-state index in [1.807, 2.05) is 11.4 Å². The van der Waals surface area contributed by atoms with Crippen molar-refractivity contribution in [1.29, 1.82) is 0 Å². The molecule has 2 atom stereocenters. The highest BCUT2D eigenvalue weighted by Crippen LogP contribution is 2.29. The summed E-state index contributed by atoms with van der Waals surface area (Å²) in [6, 6.07) is 1.88. The number of hydrogen-bond donors (Lipinski definition) is 1. The lowest BCUT2D eigenvalue weighted by atomic mass is 10.1. The van der Waals surface area contributed by atoms with E-state index in [9.17, 15) is 4.79 Å². The summed E-state index contributed by atoms with van der Waals surface area (Å²) in [7, 11) is 0. The van der Waals surface area contributed by atoms with Crippen LogP contribution in [0.5, 0.6) is 0 Å². The van der Waals surface area contributed by atoms with Gasteiger partial charge in [0.15, 0.2) is 0 Å². The van der Waals surface area contributed by atoms with Crippen LogP contribution in [0.4, 0.5) is 0 Å². The SMILES string of the molecule is NCC1CCC(C(=O)c2sccc2Br)O1. The molecular formula is C10H12BrNO2S. The van der Waals surface area contributed by atoms with Crippen LogP contribution in [-0.4, -0.2) is 24.5 Å². The van der Waals surface area contributed by atoms with Crippen molar-refractivity contribution >= 4 is 33.0 Å². The Kier molecular flexibility index (Phi) is 3.56. The Hall–Kier alpha value is -0.230. The Bertz CT molecular complexity index is 366. The van der Waals surface area contributed by atoms with Gasteiger partial charge in [0.2, 0.25) is 5.78 Å². The van der Waals surface area contributed by atoms with Gasteiger partial charge in [-0.15, -0.1) is 11.3 Å². The van der Waals surface area contributed by atoms with Crippen LogP contribution in [0.3, 0.4) is 0 Å². The Morgan fingerprint density at radius 3 is 3.00 bits per heavy atom. The van der Waals surface area contributed by atoms with Crippen molar-refractivity contribution in [3.63, 3.8) is 0 Å². The smallest absolute Gasteiger partial charge is 0.202 e. The minimum absolute atomic E-state index is 0.0534. The van der Waals surface area contributed by atoms with E-state index in [0.717, 1.165) is 22.2 Å². The van der Waals surface area contributed by atoms with Gasteiger partial charge in [0, 0.05) is 11.0 Å². The van der Waals surface area contributed by atoms with E-state index in [1.54, 1.807) is 0 Å². The first-order chi connectivity index (χ1) is 7.22. The maximum Gasteiger partial charge on any atom is 0.202 e. The lowest BCUT2D eigenvalue weighted by Crippen LogP contribution is -2.24. The van der Waals surface area contributed by atoms with E-state index in [1.165, 1.54) is 11.3 Å². The van der Waals surface area contributed by atoms with Crippen molar-refractivity contribution in [3.8, 4) is 0 Å². The molecule has 0 radical (unpaired) electrons. The largest absolute Gasteiger partial charge is 0.365 e. The molecule has 0 saturated carbocycles. The number of hydrogen-bond acceptors (Lipinski definition) is 4. The number of Topliss-reactive ketones (excluding diaryl/α,β-unsaturated/α-hetero) is 1. The molecule has 15 heavy (non-hydrogen) atoms. The quantitative estimate of drug-likeness (QED) is 0.868. The molecular weight excluding hydrogens is 278 g/mol. The molecule has 0 amide bonds. The molecule has 0 spiro atoms. The number of ketones is 1. The number of halogens is 1. The van der Waals surface area contributed by atoms with E-state index in [-0.39, 0.29) is 18.0 Å². The summed E-state index contributed by atoms with van der Waals surface area (Å²) in [6.07, 6.45) is 1.42. The molecule has 5 heteroatoms. The second-order valence-electron chi connectivity index (χ2n) is 3.52. The molecule has 2 rings (SSSR count). The van der Waals surface area contributed by atoms with E-state index >= 15 is 0 Å². The standard InChI is InChI=1S/C10H12BrNO2S/c11-7-3-4-15-10(7)9(13)8-2-1-6(5-12)14-8/h3-4,6,8H,1-2,5,12H2. The molecule has 2 N–H and O–H groups in total. The van der Waals surface area contributed by atoms with Gasteiger partial charge in [0.05, 0.1) is 11.0 Å². The first-order valence-corrected chi connectivity index (χ1v) is 6.52. The average Bonchev–Trinajstić information content (AvgIpc) is 2.84. The first kappa shape index (κ1) is 11.3. The minimum atomic E-state index is -0.298. The Morgan fingerprint density at radius 2 is 2.47 bits per heavy atom. The van der Waals surface area contributed by atoms with Crippen LogP contribution in [0.15, 0.2) is 15.9 Å². The summed E-state index contributed by atoms with van der Waals surface area (Å²) >= 11 is 4.80. The number of ether oxygens (including phenoxy) is 1. The summed E-state index contributed by atoms with van der Waals surface area (Å²) in [5.74, 6) is 0.0767. The molecule has 1 saturated heterocycles. The number of nitrogens with two attached hydrogens (primary N) is 1. The molecule has 0 aliphatic carbocycles. The van der Waals surface area contributed by atoms with E-state index in [0.29, 0.717) is 6.54 Å². The van der Waals surface area contributed by atoms with Crippen LogP contribution in [0.2, 0.25) is 0 Å². The second kappa shape index (κ2) is 4.74. The van der Waals surface area contributed by atoms with Crippen LogP contribution in [0.1, 0.15) is 22.5 Å². The van der Waals surface area contributed by atoms with Gasteiger partial charge >= 0.3 is 0 Å². The summed E-state index contributed by atoms with van der Waals surface area (Å²) in [4.78, 5) is 12.8. The lowest BCUT2D eigenvalue weighted by molar-refractivity contribution is 0.0407. The van der Waals surface area contributed by atoms with Gasteiger partial charge in [-0.2, -0.15) is 0 Å². The lowest BCUT2D eigenvalue weighted by Gasteiger charge is -2.10. The van der Waals surface area contributed by atoms with Gasteiger partial charge in [0.25, 0.3) is 0 Å². The van der Waals surface area contributed by atoms with Crippen molar-refractivity contribution in [2.24, 2.45) is 5.73 Å². The van der Waals surface area contributed by atoms with Gasteiger partial charge < -0.3 is 10.5 Å². The third-order valence-electron chi connectivity index (χ3n) is 2.50. The monoisotopic (exact) mass is 289 g/mol. The van der Waals surface area contributed by atoms with Crippen LogP contribution >= 0.6 is 27.3 Å². The number of carbonyl (C=O) groups excluding carboxylic acids is 1. The molecule has 1 aromatic rings. The van der Waals surface area contributed by atoms with Crippen LogP contribution in [-0.2, 0) is 4.74 Å². The molecule has 1 aliphatic rings. The molecule has 1 aromatic heterocycles. The van der Waals surface area contributed by atoms with E-state index in [4.69, 9.17) is 10.5 Å². The molecule has 2 unspecified atom stereocenters. The maximum atomic E-state index is 12.0. The van der Waals surface area contributed by atoms with Crippen molar-refractivity contribution < 1.29 is 9.53 Å². The maximum absolute atomic E-state index is 12.0. The van der Waals surface area contributed by atoms with Crippen LogP contribution in [0.25, 0.3) is 0 Å². The molecule has 1 aliphatic heterocycles. The third-order valence-corrected chi connectivity index (χ3v) is 4.36.